The molecule has 24 heavy (non-hydrogen) atoms. The van der Waals surface area contributed by atoms with E-state index in [4.69, 9.17) is 0 Å². The number of rotatable bonds is 6. The van der Waals surface area contributed by atoms with Gasteiger partial charge in [-0.2, -0.15) is 0 Å². The first kappa shape index (κ1) is 19.4. The minimum atomic E-state index is -2.70. The number of carbonyl (C=O) groups excluding carboxylic acids is 5. The van der Waals surface area contributed by atoms with Crippen LogP contribution in [-0.4, -0.2) is 60.9 Å². The van der Waals surface area contributed by atoms with E-state index < -0.39 is 40.9 Å². The normalized spacial score (nSPS) is 19.8. The van der Waals surface area contributed by atoms with Gasteiger partial charge in [0.15, 0.2) is 0 Å². The summed E-state index contributed by atoms with van der Waals surface area (Å²) in [5.41, 5.74) is -5.74. The van der Waals surface area contributed by atoms with Crippen LogP contribution in [0, 0.1) is 0 Å². The number of carbonyl (C=O) groups is 5. The summed E-state index contributed by atoms with van der Waals surface area (Å²) < 4.78 is 0. The van der Waals surface area contributed by atoms with Crippen LogP contribution in [0.15, 0.2) is 24.3 Å². The molecule has 2 unspecified atom stereocenters. The molecule has 0 bridgehead atoms. The zero-order valence-electron chi connectivity index (χ0n) is 13.7. The highest BCUT2D eigenvalue weighted by molar-refractivity contribution is 6.46. The van der Waals surface area contributed by atoms with Crippen LogP contribution in [-0.2, 0) is 19.2 Å². The third-order valence-electron chi connectivity index (χ3n) is 3.48. The van der Waals surface area contributed by atoms with E-state index in [1.54, 1.807) is 0 Å². The molecule has 0 aromatic heterocycles. The molecule has 9 nitrogen and oxygen atoms in total. The lowest BCUT2D eigenvalue weighted by Crippen LogP contribution is -2.59. The quantitative estimate of drug-likeness (QED) is 0.378. The third kappa shape index (κ3) is 2.68. The van der Waals surface area contributed by atoms with Crippen molar-refractivity contribution in [2.45, 2.75) is 39.1 Å². The average Bonchev–Trinajstić information content (AvgIpc) is 2.67. The summed E-state index contributed by atoms with van der Waals surface area (Å²) in [6, 6.07) is -1.51. The number of hydrogen-bond acceptors (Lipinski definition) is 7. The van der Waals surface area contributed by atoms with Crippen LogP contribution in [0.25, 0.3) is 0 Å². The van der Waals surface area contributed by atoms with Crippen LogP contribution < -0.4 is 0 Å². The van der Waals surface area contributed by atoms with Crippen LogP contribution in [0.3, 0.4) is 0 Å². The molecule has 2 atom stereocenters. The van der Waals surface area contributed by atoms with Crippen LogP contribution >= 0.6 is 0 Å². The van der Waals surface area contributed by atoms with E-state index in [1.807, 2.05) is 0 Å². The molecular formula is C15H18N2O7. The van der Waals surface area contributed by atoms with Crippen LogP contribution in [0.2, 0.25) is 0 Å². The number of aliphatic hydroxyl groups is 2. The SMILES string of the molecule is C=C(C)C(=O)C(C)(O)N1C(=O)C(=O)N(C(C)(O)C(=O)C(=C)C)C1=O. The fraction of sp³-hybridized carbons (Fsp3) is 0.400. The van der Waals surface area contributed by atoms with Gasteiger partial charge < -0.3 is 10.2 Å². The van der Waals surface area contributed by atoms with Crippen molar-refractivity contribution in [2.24, 2.45) is 0 Å². The Kier molecular flexibility index (Phi) is 4.66. The van der Waals surface area contributed by atoms with Gasteiger partial charge in [0.05, 0.1) is 0 Å². The van der Waals surface area contributed by atoms with Crippen molar-refractivity contribution < 1.29 is 34.2 Å². The Morgan fingerprint density at radius 2 is 1.08 bits per heavy atom. The van der Waals surface area contributed by atoms with Gasteiger partial charge in [-0.25, -0.2) is 14.6 Å². The van der Waals surface area contributed by atoms with Gasteiger partial charge in [-0.3, -0.25) is 19.2 Å². The highest BCUT2D eigenvalue weighted by atomic mass is 16.4. The van der Waals surface area contributed by atoms with Crippen molar-refractivity contribution in [3.05, 3.63) is 24.3 Å². The smallest absolute Gasteiger partial charge is 0.339 e. The van der Waals surface area contributed by atoms with E-state index in [0.29, 0.717) is 0 Å². The zero-order valence-corrected chi connectivity index (χ0v) is 13.7. The number of hydrogen-bond donors (Lipinski definition) is 2. The maximum absolute atomic E-state index is 12.4. The Bertz CT molecular complexity index is 645. The predicted molar refractivity (Wildman–Crippen MR) is 80.0 cm³/mol. The minimum absolute atomic E-state index is 0.0213. The molecule has 0 radical (unpaired) electrons. The molecule has 2 N–H and O–H groups in total. The van der Waals surface area contributed by atoms with E-state index in [-0.39, 0.29) is 20.9 Å². The van der Waals surface area contributed by atoms with Crippen molar-refractivity contribution in [3.63, 3.8) is 0 Å². The van der Waals surface area contributed by atoms with Crippen molar-refractivity contribution in [1.29, 1.82) is 0 Å². The van der Waals surface area contributed by atoms with Gasteiger partial charge in [-0.15, -0.1) is 0 Å². The molecule has 1 heterocycles. The largest absolute Gasteiger partial charge is 0.364 e. The Morgan fingerprint density at radius 3 is 1.29 bits per heavy atom. The number of Topliss-reactive ketones (excluding diaryl/α,β-unsaturated/α-hetero) is 2. The van der Waals surface area contributed by atoms with Crippen molar-refractivity contribution in [3.8, 4) is 0 Å². The molecule has 0 aromatic rings. The molecule has 0 aliphatic carbocycles. The van der Waals surface area contributed by atoms with E-state index >= 15 is 0 Å². The predicted octanol–water partition coefficient (Wildman–Crippen LogP) is -0.515. The van der Waals surface area contributed by atoms with Crippen LogP contribution in [0.1, 0.15) is 27.7 Å². The summed E-state index contributed by atoms with van der Waals surface area (Å²) in [6.07, 6.45) is 0. The number of amides is 4. The number of nitrogens with zero attached hydrogens (tertiary/aromatic N) is 2. The Labute approximate surface area is 137 Å². The van der Waals surface area contributed by atoms with Crippen molar-refractivity contribution in [2.75, 3.05) is 0 Å². The second kappa shape index (κ2) is 5.77. The van der Waals surface area contributed by atoms with Crippen LogP contribution in [0.5, 0.6) is 0 Å². The molecular weight excluding hydrogens is 320 g/mol. The zero-order chi connectivity index (χ0) is 19.2. The van der Waals surface area contributed by atoms with Crippen molar-refractivity contribution in [1.82, 2.24) is 9.80 Å². The lowest BCUT2D eigenvalue weighted by atomic mass is 10.0. The highest BCUT2D eigenvalue weighted by Crippen LogP contribution is 2.29. The van der Waals surface area contributed by atoms with Crippen LogP contribution in [0.4, 0.5) is 4.79 Å². The summed E-state index contributed by atoms with van der Waals surface area (Å²) >= 11 is 0. The van der Waals surface area contributed by atoms with E-state index in [0.717, 1.165) is 13.8 Å². The lowest BCUT2D eigenvalue weighted by molar-refractivity contribution is -0.162. The van der Waals surface area contributed by atoms with E-state index in [2.05, 4.69) is 13.2 Å². The topological polar surface area (TPSA) is 132 Å². The fourth-order valence-corrected chi connectivity index (χ4v) is 2.24. The molecule has 1 saturated heterocycles. The van der Waals surface area contributed by atoms with Gasteiger partial charge in [0, 0.05) is 0 Å². The Morgan fingerprint density at radius 1 is 0.833 bits per heavy atom. The summed E-state index contributed by atoms with van der Waals surface area (Å²) in [7, 11) is 0. The summed E-state index contributed by atoms with van der Waals surface area (Å²) in [4.78, 5) is 60.4. The van der Waals surface area contributed by atoms with Crippen molar-refractivity contribution >= 4 is 29.4 Å². The molecule has 1 fully saturated rings. The maximum atomic E-state index is 12.4. The molecule has 0 saturated carbocycles. The first-order chi connectivity index (χ1) is 10.7. The lowest BCUT2D eigenvalue weighted by Gasteiger charge is -2.33. The van der Waals surface area contributed by atoms with Gasteiger partial charge in [-0.05, 0) is 38.8 Å². The molecule has 1 rings (SSSR count). The molecule has 9 heteroatoms. The van der Waals surface area contributed by atoms with Gasteiger partial charge in [0.1, 0.15) is 0 Å². The second-order valence-electron chi connectivity index (χ2n) is 5.82. The van der Waals surface area contributed by atoms with E-state index in [1.165, 1.54) is 13.8 Å². The summed E-state index contributed by atoms with van der Waals surface area (Å²) in [5.74, 6) is -5.28. The monoisotopic (exact) mass is 338 g/mol. The van der Waals surface area contributed by atoms with E-state index in [9.17, 15) is 34.2 Å². The fourth-order valence-electron chi connectivity index (χ4n) is 2.24. The molecule has 130 valence electrons. The van der Waals surface area contributed by atoms with Gasteiger partial charge >= 0.3 is 17.8 Å². The third-order valence-corrected chi connectivity index (χ3v) is 3.48. The van der Waals surface area contributed by atoms with Gasteiger partial charge in [-0.1, -0.05) is 13.2 Å². The summed E-state index contributed by atoms with van der Waals surface area (Å²) in [5, 5.41) is 20.5. The minimum Gasteiger partial charge on any atom is -0.364 e. The standard InChI is InChI=1S/C15H18N2O7/c1-7(2)9(18)14(5,23)16-11(20)12(21)17(13(16)22)15(6,24)10(19)8(3)4/h23-24H,1,3H2,2,4-6H3. The Hall–Kier alpha value is -2.65. The number of ketones is 2. The molecule has 1 aliphatic heterocycles. The molecule has 0 spiro atoms. The molecule has 0 aromatic carbocycles. The number of imide groups is 2. The van der Waals surface area contributed by atoms with Gasteiger partial charge in [0.2, 0.25) is 23.0 Å². The molecule has 4 amide bonds. The Balaban J connectivity index is 3.42. The first-order valence-electron chi connectivity index (χ1n) is 6.77. The first-order valence-corrected chi connectivity index (χ1v) is 6.77. The highest BCUT2D eigenvalue weighted by Gasteiger charge is 2.60. The summed E-state index contributed by atoms with van der Waals surface area (Å²) in [6.45, 7) is 10.7. The average molecular weight is 338 g/mol. The number of urea groups is 1. The maximum Gasteiger partial charge on any atom is 0.339 e. The molecule has 1 aliphatic rings. The second-order valence-corrected chi connectivity index (χ2v) is 5.82. The van der Waals surface area contributed by atoms with Gasteiger partial charge in [0.25, 0.3) is 0 Å².